The molecule has 158 valence electrons. The monoisotopic (exact) mass is 418 g/mol. The molecular weight excluding hydrogens is 388 g/mol. The van der Waals surface area contributed by atoms with Gasteiger partial charge < -0.3 is 11.1 Å². The van der Waals surface area contributed by atoms with Gasteiger partial charge in [0.25, 0.3) is 0 Å². The van der Waals surface area contributed by atoms with Crippen molar-refractivity contribution in [2.24, 2.45) is 23.5 Å². The minimum absolute atomic E-state index is 0. The van der Waals surface area contributed by atoms with Crippen LogP contribution in [-0.4, -0.2) is 38.2 Å². The first kappa shape index (κ1) is 21.7. The summed E-state index contributed by atoms with van der Waals surface area (Å²) in [5.74, 6) is 1.57. The van der Waals surface area contributed by atoms with E-state index in [2.05, 4.69) is 20.7 Å². The predicted octanol–water partition coefficient (Wildman–Crippen LogP) is 2.98. The Morgan fingerprint density at radius 1 is 1.17 bits per heavy atom. The van der Waals surface area contributed by atoms with Gasteiger partial charge in [-0.3, -0.25) is 4.79 Å². The molecule has 2 aliphatic rings. The zero-order chi connectivity index (χ0) is 19.7. The number of rotatable bonds is 5. The second kappa shape index (κ2) is 9.22. The molecule has 2 aliphatic carbocycles. The van der Waals surface area contributed by atoms with E-state index < -0.39 is 6.04 Å². The second-order valence-electron chi connectivity index (χ2n) is 8.71. The highest BCUT2D eigenvalue weighted by Gasteiger charge is 2.41. The van der Waals surface area contributed by atoms with Gasteiger partial charge >= 0.3 is 0 Å². The quantitative estimate of drug-likeness (QED) is 0.777. The van der Waals surface area contributed by atoms with Crippen LogP contribution in [-0.2, 0) is 4.79 Å². The molecule has 8 heteroatoms. The van der Waals surface area contributed by atoms with Gasteiger partial charge in [0.2, 0.25) is 11.7 Å². The van der Waals surface area contributed by atoms with Gasteiger partial charge in [-0.25, -0.2) is 0 Å². The van der Waals surface area contributed by atoms with Gasteiger partial charge in [-0.15, -0.1) is 22.6 Å². The standard InChI is InChI=1S/C21H30N6O.ClH/c1-13(2)19(27-25-20(24-26-27)14-7-4-3-5-8-14)21(28)23-18-15-9-6-10-16(18)12-17(22)11-15;/h3-5,7-8,13,15-19H,6,9-12,22H2,1-2H3,(H,23,28);1H. The van der Waals surface area contributed by atoms with Gasteiger partial charge in [-0.2, -0.15) is 4.80 Å². The number of nitrogens with zero attached hydrogens (tertiary/aromatic N) is 4. The molecule has 2 fully saturated rings. The molecular formula is C21H31ClN6O. The molecule has 0 aliphatic heterocycles. The molecule has 3 N–H and O–H groups in total. The molecule has 0 radical (unpaired) electrons. The maximum atomic E-state index is 13.2. The van der Waals surface area contributed by atoms with Gasteiger partial charge in [-0.1, -0.05) is 50.6 Å². The number of hydrogen-bond acceptors (Lipinski definition) is 5. The number of benzene rings is 1. The summed E-state index contributed by atoms with van der Waals surface area (Å²) in [5, 5.41) is 16.2. The summed E-state index contributed by atoms with van der Waals surface area (Å²) in [4.78, 5) is 14.7. The van der Waals surface area contributed by atoms with Crippen molar-refractivity contribution >= 4 is 18.3 Å². The lowest BCUT2D eigenvalue weighted by atomic mass is 9.67. The van der Waals surface area contributed by atoms with E-state index in [4.69, 9.17) is 5.73 Å². The van der Waals surface area contributed by atoms with E-state index in [9.17, 15) is 4.79 Å². The van der Waals surface area contributed by atoms with Crippen LogP contribution in [0, 0.1) is 17.8 Å². The fourth-order valence-electron chi connectivity index (χ4n) is 4.99. The minimum atomic E-state index is -0.471. The first-order valence-electron chi connectivity index (χ1n) is 10.4. The summed E-state index contributed by atoms with van der Waals surface area (Å²) in [7, 11) is 0. The van der Waals surface area contributed by atoms with Gasteiger partial charge in [-0.05, 0) is 48.7 Å². The second-order valence-corrected chi connectivity index (χ2v) is 8.71. The summed E-state index contributed by atoms with van der Waals surface area (Å²) >= 11 is 0. The third-order valence-electron chi connectivity index (χ3n) is 6.29. The van der Waals surface area contributed by atoms with E-state index in [1.165, 1.54) is 11.2 Å². The Kier molecular flexibility index (Phi) is 6.90. The van der Waals surface area contributed by atoms with Gasteiger partial charge in [0.1, 0.15) is 0 Å². The number of aromatic nitrogens is 4. The lowest BCUT2D eigenvalue weighted by Gasteiger charge is -2.45. The smallest absolute Gasteiger partial charge is 0.247 e. The molecule has 4 rings (SSSR count). The number of amides is 1. The number of nitrogens with one attached hydrogen (secondary N) is 1. The van der Waals surface area contributed by atoms with Crippen LogP contribution < -0.4 is 11.1 Å². The molecule has 1 amide bonds. The van der Waals surface area contributed by atoms with Crippen molar-refractivity contribution in [2.45, 2.75) is 64.1 Å². The van der Waals surface area contributed by atoms with E-state index in [0.717, 1.165) is 31.2 Å². The fraction of sp³-hybridized carbons (Fsp3) is 0.619. The first-order valence-corrected chi connectivity index (χ1v) is 10.4. The van der Waals surface area contributed by atoms with Crippen LogP contribution in [0.2, 0.25) is 0 Å². The summed E-state index contributed by atoms with van der Waals surface area (Å²) in [6, 6.07) is 9.74. The van der Waals surface area contributed by atoms with Crippen molar-refractivity contribution in [1.29, 1.82) is 0 Å². The predicted molar refractivity (Wildman–Crippen MR) is 114 cm³/mol. The lowest BCUT2D eigenvalue weighted by Crippen LogP contribution is -2.55. The zero-order valence-electron chi connectivity index (χ0n) is 17.1. The number of fused-ring (bicyclic) bond motifs is 2. The molecule has 29 heavy (non-hydrogen) atoms. The molecule has 2 saturated carbocycles. The lowest BCUT2D eigenvalue weighted by molar-refractivity contribution is -0.128. The van der Waals surface area contributed by atoms with Crippen molar-refractivity contribution in [1.82, 2.24) is 25.5 Å². The number of hydrogen-bond donors (Lipinski definition) is 2. The molecule has 0 saturated heterocycles. The molecule has 1 aromatic heterocycles. The fourth-order valence-corrected chi connectivity index (χ4v) is 4.99. The molecule has 3 unspecified atom stereocenters. The Morgan fingerprint density at radius 2 is 1.83 bits per heavy atom. The van der Waals surface area contributed by atoms with Crippen LogP contribution in [0.4, 0.5) is 0 Å². The van der Waals surface area contributed by atoms with Crippen molar-refractivity contribution in [3.8, 4) is 11.4 Å². The Labute approximate surface area is 178 Å². The Bertz CT molecular complexity index is 797. The number of carbonyl (C=O) groups is 1. The van der Waals surface area contributed by atoms with Crippen molar-refractivity contribution in [3.05, 3.63) is 30.3 Å². The summed E-state index contributed by atoms with van der Waals surface area (Å²) in [5.41, 5.74) is 7.13. The Hall–Kier alpha value is -1.99. The van der Waals surface area contributed by atoms with E-state index in [1.807, 2.05) is 44.2 Å². The summed E-state index contributed by atoms with van der Waals surface area (Å²) in [6.45, 7) is 4.04. The summed E-state index contributed by atoms with van der Waals surface area (Å²) < 4.78 is 0. The van der Waals surface area contributed by atoms with Gasteiger partial charge in [0.05, 0.1) is 0 Å². The maximum absolute atomic E-state index is 13.2. The highest BCUT2D eigenvalue weighted by molar-refractivity contribution is 5.85. The van der Waals surface area contributed by atoms with Crippen LogP contribution in [0.5, 0.6) is 0 Å². The highest BCUT2D eigenvalue weighted by atomic mass is 35.5. The van der Waals surface area contributed by atoms with Crippen LogP contribution in [0.25, 0.3) is 11.4 Å². The number of nitrogens with two attached hydrogens (primary N) is 1. The molecule has 2 aromatic rings. The van der Waals surface area contributed by atoms with Crippen LogP contribution >= 0.6 is 12.4 Å². The Balaban J connectivity index is 0.00000240. The van der Waals surface area contributed by atoms with E-state index in [1.54, 1.807) is 0 Å². The van der Waals surface area contributed by atoms with Crippen LogP contribution in [0.3, 0.4) is 0 Å². The van der Waals surface area contributed by atoms with E-state index >= 15 is 0 Å². The van der Waals surface area contributed by atoms with Gasteiger partial charge in [0, 0.05) is 17.6 Å². The largest absolute Gasteiger partial charge is 0.351 e. The summed E-state index contributed by atoms with van der Waals surface area (Å²) in [6.07, 6.45) is 5.57. The average molecular weight is 419 g/mol. The van der Waals surface area contributed by atoms with Gasteiger partial charge in [0.15, 0.2) is 6.04 Å². The highest BCUT2D eigenvalue weighted by Crippen LogP contribution is 2.40. The van der Waals surface area contributed by atoms with Crippen LogP contribution in [0.15, 0.2) is 30.3 Å². The third-order valence-corrected chi connectivity index (χ3v) is 6.29. The molecule has 1 heterocycles. The number of tetrazole rings is 1. The maximum Gasteiger partial charge on any atom is 0.247 e. The van der Waals surface area contributed by atoms with Crippen molar-refractivity contribution in [3.63, 3.8) is 0 Å². The number of halogens is 1. The van der Waals surface area contributed by atoms with E-state index in [0.29, 0.717) is 17.7 Å². The number of carbonyl (C=O) groups excluding carboxylic acids is 1. The van der Waals surface area contributed by atoms with Crippen molar-refractivity contribution < 1.29 is 4.79 Å². The molecule has 3 atom stereocenters. The minimum Gasteiger partial charge on any atom is -0.351 e. The molecule has 2 bridgehead atoms. The van der Waals surface area contributed by atoms with Crippen molar-refractivity contribution in [2.75, 3.05) is 0 Å². The average Bonchev–Trinajstić information content (AvgIpc) is 3.12. The third kappa shape index (κ3) is 4.61. The normalized spacial score (nSPS) is 27.2. The van der Waals surface area contributed by atoms with E-state index in [-0.39, 0.29) is 36.3 Å². The van der Waals surface area contributed by atoms with Crippen LogP contribution in [0.1, 0.15) is 52.0 Å². The SMILES string of the molecule is CC(C)C(C(=O)NC1C2CCCC1CC(N)C2)n1nnc(-c2ccccc2)n1.Cl. The topological polar surface area (TPSA) is 98.7 Å². The Morgan fingerprint density at radius 3 is 2.45 bits per heavy atom. The zero-order valence-corrected chi connectivity index (χ0v) is 17.9. The molecule has 7 nitrogen and oxygen atoms in total. The first-order chi connectivity index (χ1) is 13.5. The molecule has 1 aromatic carbocycles. The molecule has 0 spiro atoms.